The van der Waals surface area contributed by atoms with Crippen LogP contribution in [-0.4, -0.2) is 45.3 Å². The second-order valence-corrected chi connectivity index (χ2v) is 8.12. The number of amides is 2. The van der Waals surface area contributed by atoms with Crippen LogP contribution in [0.3, 0.4) is 0 Å². The van der Waals surface area contributed by atoms with Crippen molar-refractivity contribution in [3.63, 3.8) is 0 Å². The molecule has 0 aliphatic carbocycles. The highest BCUT2D eigenvalue weighted by molar-refractivity contribution is 5.85. The van der Waals surface area contributed by atoms with Gasteiger partial charge in [0.15, 0.2) is 11.5 Å². The highest BCUT2D eigenvalue weighted by Crippen LogP contribution is 2.18. The van der Waals surface area contributed by atoms with E-state index in [1.165, 1.54) is 0 Å². The minimum Gasteiger partial charge on any atom is -0.443 e. The van der Waals surface area contributed by atoms with Crippen LogP contribution in [0.25, 0.3) is 5.65 Å². The standard InChI is InChI=1S/C23H30N6O4/c1-4-25-22(31)33-14-17-11-8-12-19-27-28-20(29(17)19)18(26-21(30)23(2,3)24)15-32-13-16-9-6-5-7-10-16/h5-12,18H,4,13-15,24H2,1-3H3,(H,25,31)(H,26,30)/t18-/m1/s1. The molecule has 0 saturated carbocycles. The number of rotatable bonds is 10. The number of alkyl carbamates (subject to hydrolysis) is 1. The molecule has 2 aromatic heterocycles. The van der Waals surface area contributed by atoms with Crippen molar-refractivity contribution in [3.8, 4) is 0 Å². The van der Waals surface area contributed by atoms with Crippen LogP contribution in [0.15, 0.2) is 48.5 Å². The van der Waals surface area contributed by atoms with Gasteiger partial charge < -0.3 is 25.8 Å². The average molecular weight is 455 g/mol. The summed E-state index contributed by atoms with van der Waals surface area (Å²) in [4.78, 5) is 24.5. The Morgan fingerprint density at radius 1 is 1.09 bits per heavy atom. The first kappa shape index (κ1) is 24.1. The van der Waals surface area contributed by atoms with E-state index in [-0.39, 0.29) is 19.1 Å². The van der Waals surface area contributed by atoms with Crippen LogP contribution in [0.4, 0.5) is 4.79 Å². The Balaban J connectivity index is 1.87. The Labute approximate surface area is 192 Å². The third-order valence-electron chi connectivity index (χ3n) is 4.80. The van der Waals surface area contributed by atoms with E-state index in [9.17, 15) is 9.59 Å². The first-order chi connectivity index (χ1) is 15.8. The van der Waals surface area contributed by atoms with Crippen molar-refractivity contribution in [2.75, 3.05) is 13.2 Å². The second-order valence-electron chi connectivity index (χ2n) is 8.12. The van der Waals surface area contributed by atoms with Gasteiger partial charge in [-0.25, -0.2) is 4.79 Å². The molecule has 4 N–H and O–H groups in total. The molecule has 3 aromatic rings. The minimum absolute atomic E-state index is 0.00212. The smallest absolute Gasteiger partial charge is 0.407 e. The largest absolute Gasteiger partial charge is 0.443 e. The summed E-state index contributed by atoms with van der Waals surface area (Å²) in [6.45, 7) is 6.02. The van der Waals surface area contributed by atoms with E-state index in [0.717, 1.165) is 5.56 Å². The number of fused-ring (bicyclic) bond motifs is 1. The number of carbonyl (C=O) groups excluding carboxylic acids is 2. The lowest BCUT2D eigenvalue weighted by Gasteiger charge is -2.24. The molecule has 0 fully saturated rings. The third-order valence-corrected chi connectivity index (χ3v) is 4.80. The van der Waals surface area contributed by atoms with E-state index < -0.39 is 17.7 Å². The van der Waals surface area contributed by atoms with Gasteiger partial charge >= 0.3 is 6.09 Å². The van der Waals surface area contributed by atoms with Crippen molar-refractivity contribution in [1.82, 2.24) is 25.2 Å². The fourth-order valence-corrected chi connectivity index (χ4v) is 3.10. The molecule has 0 aliphatic heterocycles. The van der Waals surface area contributed by atoms with E-state index in [1.54, 1.807) is 36.4 Å². The maximum absolute atomic E-state index is 12.7. The van der Waals surface area contributed by atoms with Crippen LogP contribution in [-0.2, 0) is 27.5 Å². The molecule has 2 heterocycles. The SMILES string of the molecule is CCNC(=O)OCc1cccc2nnc([C@@H](COCc3ccccc3)NC(=O)C(C)(C)N)n12. The number of nitrogens with zero attached hydrogens (tertiary/aromatic N) is 3. The molecule has 0 aliphatic rings. The van der Waals surface area contributed by atoms with Crippen LogP contribution in [0.1, 0.15) is 43.9 Å². The second kappa shape index (κ2) is 10.9. The Bertz CT molecular complexity index is 1080. The summed E-state index contributed by atoms with van der Waals surface area (Å²) in [5.41, 5.74) is 7.10. The normalized spacial score (nSPS) is 12.4. The van der Waals surface area contributed by atoms with Crippen molar-refractivity contribution in [2.24, 2.45) is 5.73 Å². The highest BCUT2D eigenvalue weighted by atomic mass is 16.5. The Morgan fingerprint density at radius 2 is 1.85 bits per heavy atom. The zero-order chi connectivity index (χ0) is 23.8. The van der Waals surface area contributed by atoms with Crippen LogP contribution < -0.4 is 16.4 Å². The van der Waals surface area contributed by atoms with Gasteiger partial charge in [0.1, 0.15) is 12.6 Å². The number of benzene rings is 1. The summed E-state index contributed by atoms with van der Waals surface area (Å²) in [5, 5.41) is 14.0. The zero-order valence-corrected chi connectivity index (χ0v) is 19.1. The van der Waals surface area contributed by atoms with Crippen molar-refractivity contribution < 1.29 is 19.1 Å². The topological polar surface area (TPSA) is 133 Å². The lowest BCUT2D eigenvalue weighted by Crippen LogP contribution is -2.51. The summed E-state index contributed by atoms with van der Waals surface area (Å²) in [6.07, 6.45) is -0.523. The fraction of sp³-hybridized carbons (Fsp3) is 0.391. The van der Waals surface area contributed by atoms with Crippen LogP contribution in [0.2, 0.25) is 0 Å². The quantitative estimate of drug-likeness (QED) is 0.427. The molecule has 33 heavy (non-hydrogen) atoms. The van der Waals surface area contributed by atoms with Crippen LogP contribution >= 0.6 is 0 Å². The maximum Gasteiger partial charge on any atom is 0.407 e. The summed E-state index contributed by atoms with van der Waals surface area (Å²) in [5.74, 6) is 0.0920. The third kappa shape index (κ3) is 6.50. The Kier molecular flexibility index (Phi) is 7.96. The van der Waals surface area contributed by atoms with E-state index in [0.29, 0.717) is 30.3 Å². The Morgan fingerprint density at radius 3 is 2.55 bits per heavy atom. The predicted octanol–water partition coefficient (Wildman–Crippen LogP) is 2.09. The first-order valence-electron chi connectivity index (χ1n) is 10.7. The number of nitrogens with one attached hydrogen (secondary N) is 2. The van der Waals surface area contributed by atoms with E-state index in [1.807, 2.05) is 37.3 Å². The van der Waals surface area contributed by atoms with Gasteiger partial charge in [-0.15, -0.1) is 10.2 Å². The van der Waals surface area contributed by atoms with Crippen LogP contribution in [0.5, 0.6) is 0 Å². The maximum atomic E-state index is 12.7. The number of carbonyl (C=O) groups is 2. The van der Waals surface area contributed by atoms with Crippen LogP contribution in [0, 0.1) is 0 Å². The van der Waals surface area contributed by atoms with Gasteiger partial charge in [0.2, 0.25) is 5.91 Å². The number of ether oxygens (including phenoxy) is 2. The Hall–Kier alpha value is -3.50. The van der Waals surface area contributed by atoms with Gasteiger partial charge in [-0.3, -0.25) is 9.20 Å². The monoisotopic (exact) mass is 454 g/mol. The number of hydrogen-bond donors (Lipinski definition) is 3. The van der Waals surface area contributed by atoms with Gasteiger partial charge in [-0.1, -0.05) is 36.4 Å². The molecule has 0 unspecified atom stereocenters. The lowest BCUT2D eigenvalue weighted by atomic mass is 10.1. The molecule has 1 atom stereocenters. The van der Waals surface area contributed by atoms with Gasteiger partial charge in [0.05, 0.1) is 24.4 Å². The molecule has 176 valence electrons. The van der Waals surface area contributed by atoms with Gasteiger partial charge in [0.25, 0.3) is 0 Å². The number of aromatic nitrogens is 3. The fourth-order valence-electron chi connectivity index (χ4n) is 3.10. The summed E-state index contributed by atoms with van der Waals surface area (Å²) < 4.78 is 12.9. The molecular formula is C23H30N6O4. The van der Waals surface area contributed by atoms with E-state index in [4.69, 9.17) is 15.2 Å². The summed E-state index contributed by atoms with van der Waals surface area (Å²) in [6, 6.07) is 14.5. The van der Waals surface area contributed by atoms with Gasteiger partial charge in [-0.05, 0) is 38.5 Å². The molecular weight excluding hydrogens is 424 g/mol. The van der Waals surface area contributed by atoms with E-state index in [2.05, 4.69) is 20.8 Å². The lowest BCUT2D eigenvalue weighted by molar-refractivity contribution is -0.126. The van der Waals surface area contributed by atoms with E-state index >= 15 is 0 Å². The summed E-state index contributed by atoms with van der Waals surface area (Å²) >= 11 is 0. The van der Waals surface area contributed by atoms with Gasteiger partial charge in [-0.2, -0.15) is 0 Å². The molecule has 0 radical (unpaired) electrons. The number of pyridine rings is 1. The number of nitrogens with two attached hydrogens (primary N) is 1. The molecule has 10 heteroatoms. The zero-order valence-electron chi connectivity index (χ0n) is 19.1. The van der Waals surface area contributed by atoms with Crippen molar-refractivity contribution in [3.05, 3.63) is 65.6 Å². The van der Waals surface area contributed by atoms with Crippen molar-refractivity contribution in [2.45, 2.75) is 45.6 Å². The molecule has 2 amide bonds. The first-order valence-corrected chi connectivity index (χ1v) is 10.7. The van der Waals surface area contributed by atoms with Gasteiger partial charge in [0, 0.05) is 6.54 Å². The van der Waals surface area contributed by atoms with Crippen molar-refractivity contribution in [1.29, 1.82) is 0 Å². The highest BCUT2D eigenvalue weighted by Gasteiger charge is 2.28. The number of hydrogen-bond acceptors (Lipinski definition) is 7. The average Bonchev–Trinajstić information content (AvgIpc) is 3.22. The molecule has 0 bridgehead atoms. The molecule has 0 spiro atoms. The minimum atomic E-state index is -1.09. The predicted molar refractivity (Wildman–Crippen MR) is 122 cm³/mol. The molecule has 3 rings (SSSR count). The van der Waals surface area contributed by atoms with Crippen molar-refractivity contribution >= 4 is 17.6 Å². The molecule has 0 saturated heterocycles. The molecule has 10 nitrogen and oxygen atoms in total. The molecule has 1 aromatic carbocycles. The summed E-state index contributed by atoms with van der Waals surface area (Å²) in [7, 11) is 0.